The third-order valence-electron chi connectivity index (χ3n) is 1.70. The third kappa shape index (κ3) is 2.30. The molecule has 0 saturated carbocycles. The molecule has 1 heterocycles. The van der Waals surface area contributed by atoms with Crippen LogP contribution in [0.2, 0.25) is 0 Å². The number of carboxylic acids is 1. The normalized spacial score (nSPS) is 31.7. The zero-order valence-electron chi connectivity index (χ0n) is 6.45. The largest absolute Gasteiger partial charge is 0.480 e. The second-order valence-electron chi connectivity index (χ2n) is 2.45. The first-order chi connectivity index (χ1) is 5.25. The second kappa shape index (κ2) is 4.26. The SMILES string of the molecule is CCC1SCCSC1C(=O)O. The molecule has 0 bridgehead atoms. The fourth-order valence-electron chi connectivity index (χ4n) is 1.13. The summed E-state index contributed by atoms with van der Waals surface area (Å²) >= 11 is 3.38. The monoisotopic (exact) mass is 192 g/mol. The maximum atomic E-state index is 10.7. The molecule has 0 aromatic rings. The number of carboxylic acid groups (broad SMARTS) is 1. The maximum absolute atomic E-state index is 10.7. The predicted molar refractivity (Wildman–Crippen MR) is 50.4 cm³/mol. The lowest BCUT2D eigenvalue weighted by Crippen LogP contribution is -2.32. The molecule has 2 atom stereocenters. The van der Waals surface area contributed by atoms with Gasteiger partial charge in [-0.15, -0.1) is 11.8 Å². The summed E-state index contributed by atoms with van der Waals surface area (Å²) in [5.41, 5.74) is 0. The molecule has 0 aromatic heterocycles. The van der Waals surface area contributed by atoms with E-state index in [-0.39, 0.29) is 5.25 Å². The van der Waals surface area contributed by atoms with Crippen LogP contribution < -0.4 is 0 Å². The Morgan fingerprint density at radius 1 is 1.55 bits per heavy atom. The lowest BCUT2D eigenvalue weighted by atomic mass is 10.2. The van der Waals surface area contributed by atoms with Gasteiger partial charge in [0.25, 0.3) is 0 Å². The van der Waals surface area contributed by atoms with Crippen LogP contribution in [0.1, 0.15) is 13.3 Å². The fourth-order valence-corrected chi connectivity index (χ4v) is 4.01. The summed E-state index contributed by atoms with van der Waals surface area (Å²) in [6.45, 7) is 2.06. The Morgan fingerprint density at radius 2 is 2.18 bits per heavy atom. The second-order valence-corrected chi connectivity index (χ2v) is 5.04. The van der Waals surface area contributed by atoms with Crippen LogP contribution in [0.5, 0.6) is 0 Å². The van der Waals surface area contributed by atoms with Crippen LogP contribution in [-0.4, -0.2) is 33.1 Å². The molecule has 64 valence electrons. The highest BCUT2D eigenvalue weighted by molar-refractivity contribution is 8.07. The van der Waals surface area contributed by atoms with Crippen LogP contribution in [-0.2, 0) is 4.79 Å². The standard InChI is InChI=1S/C7H12O2S2/c1-2-5-6(7(8)9)11-4-3-10-5/h5-6H,2-4H2,1H3,(H,8,9). The Morgan fingerprint density at radius 3 is 2.64 bits per heavy atom. The van der Waals surface area contributed by atoms with Crippen LogP contribution in [0.25, 0.3) is 0 Å². The van der Waals surface area contributed by atoms with Gasteiger partial charge in [0.2, 0.25) is 0 Å². The molecular weight excluding hydrogens is 180 g/mol. The van der Waals surface area contributed by atoms with Gasteiger partial charge in [0.15, 0.2) is 0 Å². The Labute approximate surface area is 75.1 Å². The Kier molecular flexibility index (Phi) is 3.59. The molecule has 0 spiro atoms. The van der Waals surface area contributed by atoms with Gasteiger partial charge in [0, 0.05) is 16.8 Å². The average Bonchev–Trinajstić information content (AvgIpc) is 2.04. The average molecular weight is 192 g/mol. The first-order valence-corrected chi connectivity index (χ1v) is 5.81. The molecule has 2 unspecified atom stereocenters. The summed E-state index contributed by atoms with van der Waals surface area (Å²) < 4.78 is 0. The fraction of sp³-hybridized carbons (Fsp3) is 0.857. The molecule has 1 aliphatic heterocycles. The maximum Gasteiger partial charge on any atom is 0.317 e. The van der Waals surface area contributed by atoms with E-state index >= 15 is 0 Å². The highest BCUT2D eigenvalue weighted by atomic mass is 32.2. The van der Waals surface area contributed by atoms with Crippen molar-refractivity contribution in [3.05, 3.63) is 0 Å². The summed E-state index contributed by atoms with van der Waals surface area (Å²) in [6.07, 6.45) is 0.967. The van der Waals surface area contributed by atoms with Crippen molar-refractivity contribution in [3.63, 3.8) is 0 Å². The van der Waals surface area contributed by atoms with Gasteiger partial charge in [-0.25, -0.2) is 0 Å². The molecule has 1 rings (SSSR count). The molecule has 0 radical (unpaired) electrons. The van der Waals surface area contributed by atoms with Crippen molar-refractivity contribution in [1.29, 1.82) is 0 Å². The summed E-state index contributed by atoms with van der Waals surface area (Å²) in [6, 6.07) is 0. The van der Waals surface area contributed by atoms with Crippen LogP contribution in [0, 0.1) is 0 Å². The van der Waals surface area contributed by atoms with E-state index in [0.717, 1.165) is 17.9 Å². The first kappa shape index (κ1) is 9.26. The van der Waals surface area contributed by atoms with Gasteiger partial charge in [-0.3, -0.25) is 4.79 Å². The van der Waals surface area contributed by atoms with Crippen molar-refractivity contribution in [3.8, 4) is 0 Å². The van der Waals surface area contributed by atoms with Gasteiger partial charge in [-0.1, -0.05) is 6.92 Å². The summed E-state index contributed by atoms with van der Waals surface area (Å²) in [5.74, 6) is 1.44. The van der Waals surface area contributed by atoms with Crippen molar-refractivity contribution in [2.45, 2.75) is 23.8 Å². The van der Waals surface area contributed by atoms with Crippen LogP contribution in [0.4, 0.5) is 0 Å². The van der Waals surface area contributed by atoms with E-state index in [2.05, 4.69) is 6.92 Å². The third-order valence-corrected chi connectivity index (χ3v) is 4.93. The highest BCUT2D eigenvalue weighted by Gasteiger charge is 2.30. The number of hydrogen-bond donors (Lipinski definition) is 1. The lowest BCUT2D eigenvalue weighted by Gasteiger charge is -2.26. The van der Waals surface area contributed by atoms with E-state index in [1.54, 1.807) is 23.5 Å². The van der Waals surface area contributed by atoms with E-state index in [1.807, 2.05) is 0 Å². The Hall–Kier alpha value is 0.170. The van der Waals surface area contributed by atoms with Gasteiger partial charge < -0.3 is 5.11 Å². The van der Waals surface area contributed by atoms with E-state index in [1.165, 1.54) is 0 Å². The topological polar surface area (TPSA) is 37.3 Å². The minimum absolute atomic E-state index is 0.168. The number of aliphatic carboxylic acids is 1. The van der Waals surface area contributed by atoms with E-state index in [4.69, 9.17) is 5.11 Å². The number of rotatable bonds is 2. The van der Waals surface area contributed by atoms with E-state index in [0.29, 0.717) is 5.25 Å². The quantitative estimate of drug-likeness (QED) is 0.722. The van der Waals surface area contributed by atoms with Crippen LogP contribution in [0.15, 0.2) is 0 Å². The van der Waals surface area contributed by atoms with E-state index in [9.17, 15) is 4.79 Å². The van der Waals surface area contributed by atoms with Crippen molar-refractivity contribution >= 4 is 29.5 Å². The molecule has 0 aliphatic carbocycles. The Balaban J connectivity index is 2.51. The van der Waals surface area contributed by atoms with Gasteiger partial charge in [0.1, 0.15) is 5.25 Å². The van der Waals surface area contributed by atoms with Gasteiger partial charge in [-0.05, 0) is 6.42 Å². The molecule has 0 amide bonds. The molecule has 11 heavy (non-hydrogen) atoms. The van der Waals surface area contributed by atoms with Crippen molar-refractivity contribution in [1.82, 2.24) is 0 Å². The molecule has 1 aliphatic rings. The smallest absolute Gasteiger partial charge is 0.317 e. The summed E-state index contributed by atoms with van der Waals surface area (Å²) in [7, 11) is 0. The van der Waals surface area contributed by atoms with Crippen LogP contribution in [0.3, 0.4) is 0 Å². The molecule has 0 aromatic carbocycles. The van der Waals surface area contributed by atoms with Crippen molar-refractivity contribution < 1.29 is 9.90 Å². The number of hydrogen-bond acceptors (Lipinski definition) is 3. The molecule has 4 heteroatoms. The Bertz CT molecular complexity index is 149. The summed E-state index contributed by atoms with van der Waals surface area (Å²) in [5, 5.41) is 8.96. The summed E-state index contributed by atoms with van der Waals surface area (Å²) in [4.78, 5) is 10.7. The minimum atomic E-state index is -0.644. The van der Waals surface area contributed by atoms with Crippen molar-refractivity contribution in [2.24, 2.45) is 0 Å². The molecule has 2 nitrogen and oxygen atoms in total. The van der Waals surface area contributed by atoms with Gasteiger partial charge in [-0.2, -0.15) is 11.8 Å². The first-order valence-electron chi connectivity index (χ1n) is 3.71. The van der Waals surface area contributed by atoms with Gasteiger partial charge >= 0.3 is 5.97 Å². The molecule has 1 N–H and O–H groups in total. The molecule has 1 saturated heterocycles. The number of carbonyl (C=O) groups is 1. The minimum Gasteiger partial charge on any atom is -0.480 e. The molecular formula is C7H12O2S2. The molecule has 1 fully saturated rings. The van der Waals surface area contributed by atoms with Crippen LogP contribution >= 0.6 is 23.5 Å². The van der Waals surface area contributed by atoms with E-state index < -0.39 is 5.97 Å². The number of thioether (sulfide) groups is 2. The lowest BCUT2D eigenvalue weighted by molar-refractivity contribution is -0.136. The predicted octanol–water partition coefficient (Wildman–Crippen LogP) is 1.70. The van der Waals surface area contributed by atoms with Gasteiger partial charge in [0.05, 0.1) is 0 Å². The zero-order valence-corrected chi connectivity index (χ0v) is 8.08. The zero-order chi connectivity index (χ0) is 8.27. The highest BCUT2D eigenvalue weighted by Crippen LogP contribution is 2.33. The van der Waals surface area contributed by atoms with Crippen molar-refractivity contribution in [2.75, 3.05) is 11.5 Å².